The van der Waals surface area contributed by atoms with Gasteiger partial charge in [0.1, 0.15) is 12.1 Å². The molecule has 3 amide bonds. The summed E-state index contributed by atoms with van der Waals surface area (Å²) in [5.41, 5.74) is 9.91. The third-order valence-electron chi connectivity index (χ3n) is 8.25. The number of nitrogens with zero attached hydrogens (tertiary/aromatic N) is 2. The Labute approximate surface area is 280 Å². The van der Waals surface area contributed by atoms with E-state index in [0.717, 1.165) is 27.8 Å². The van der Waals surface area contributed by atoms with E-state index in [1.165, 1.54) is 9.80 Å². The maximum Gasteiger partial charge on any atom is 0.246 e. The van der Waals surface area contributed by atoms with Gasteiger partial charge in [0.05, 0.1) is 0 Å². The van der Waals surface area contributed by atoms with Gasteiger partial charge in [-0.15, -0.1) is 0 Å². The van der Waals surface area contributed by atoms with E-state index in [4.69, 9.17) is 5.73 Å². The van der Waals surface area contributed by atoms with Gasteiger partial charge in [0, 0.05) is 57.1 Å². The van der Waals surface area contributed by atoms with Gasteiger partial charge in [-0.05, 0) is 49.4 Å². The Balaban J connectivity index is 1.96. The summed E-state index contributed by atoms with van der Waals surface area (Å²) in [5, 5.41) is 12.7. The molecule has 0 aliphatic rings. The van der Waals surface area contributed by atoms with Gasteiger partial charge in [-0.3, -0.25) is 14.4 Å². The predicted octanol–water partition coefficient (Wildman–Crippen LogP) is 5.00. The molecular weight excluding hydrogens is 588 g/mol. The molecule has 3 rings (SSSR count). The lowest BCUT2D eigenvalue weighted by atomic mass is 9.94. The van der Waals surface area contributed by atoms with E-state index in [2.05, 4.69) is 5.32 Å². The smallest absolute Gasteiger partial charge is 0.246 e. The fourth-order valence-electron chi connectivity index (χ4n) is 5.44. The number of hydrogen-bond acceptors (Lipinski definition) is 5. The highest BCUT2D eigenvalue weighted by molar-refractivity contribution is 5.95. The van der Waals surface area contributed by atoms with Crippen molar-refractivity contribution in [1.29, 1.82) is 0 Å². The number of aliphatic hydroxyl groups is 1. The molecule has 8 heteroatoms. The van der Waals surface area contributed by atoms with Crippen molar-refractivity contribution in [2.75, 3.05) is 27.2 Å². The quantitative estimate of drug-likeness (QED) is 0.202. The van der Waals surface area contributed by atoms with E-state index in [1.54, 1.807) is 20.2 Å². The van der Waals surface area contributed by atoms with E-state index in [1.807, 2.05) is 120 Å². The Morgan fingerprint density at radius 1 is 0.787 bits per heavy atom. The summed E-state index contributed by atoms with van der Waals surface area (Å²) >= 11 is 0. The molecule has 0 heterocycles. The number of hydrogen-bond donors (Lipinski definition) is 3. The largest absolute Gasteiger partial charge is 0.396 e. The second-order valence-electron chi connectivity index (χ2n) is 14.1. The van der Waals surface area contributed by atoms with Crippen LogP contribution in [0.1, 0.15) is 52.2 Å². The molecule has 0 aromatic heterocycles. The maximum absolute atomic E-state index is 14.5. The first-order chi connectivity index (χ1) is 22.1. The zero-order valence-electron chi connectivity index (χ0n) is 29.0. The fraction of sp³-hybridized carbons (Fsp3) is 0.410. The van der Waals surface area contributed by atoms with Crippen molar-refractivity contribution < 1.29 is 19.5 Å². The summed E-state index contributed by atoms with van der Waals surface area (Å²) in [5.74, 6) is -0.990. The Bertz CT molecular complexity index is 1500. The van der Waals surface area contributed by atoms with E-state index in [-0.39, 0.29) is 43.7 Å². The lowest BCUT2D eigenvalue weighted by Gasteiger charge is -2.35. The van der Waals surface area contributed by atoms with Crippen LogP contribution < -0.4 is 11.1 Å². The maximum atomic E-state index is 14.5. The number of rotatable bonds is 15. The van der Waals surface area contributed by atoms with Gasteiger partial charge >= 0.3 is 0 Å². The number of benzene rings is 3. The highest BCUT2D eigenvalue weighted by Gasteiger charge is 2.35. The van der Waals surface area contributed by atoms with Gasteiger partial charge in [0.15, 0.2) is 0 Å². The summed E-state index contributed by atoms with van der Waals surface area (Å²) in [6, 6.07) is 25.8. The van der Waals surface area contributed by atoms with Crippen molar-refractivity contribution in [3.8, 4) is 11.1 Å². The van der Waals surface area contributed by atoms with Crippen molar-refractivity contribution in [2.45, 2.75) is 71.5 Å². The van der Waals surface area contributed by atoms with Crippen LogP contribution in [0.5, 0.6) is 0 Å². The minimum absolute atomic E-state index is 0.0995. The van der Waals surface area contributed by atoms with Gasteiger partial charge in [-0.1, -0.05) is 104 Å². The summed E-state index contributed by atoms with van der Waals surface area (Å²) in [4.78, 5) is 44.7. The highest BCUT2D eigenvalue weighted by atomic mass is 16.3. The lowest BCUT2D eigenvalue weighted by molar-refractivity contribution is -0.146. The van der Waals surface area contributed by atoms with E-state index in [9.17, 15) is 19.5 Å². The van der Waals surface area contributed by atoms with Crippen LogP contribution in [0, 0.1) is 5.41 Å². The Kier molecular flexibility index (Phi) is 13.1. The molecule has 0 unspecified atom stereocenters. The molecule has 47 heavy (non-hydrogen) atoms. The van der Waals surface area contributed by atoms with Crippen LogP contribution in [0.15, 0.2) is 96.6 Å². The predicted molar refractivity (Wildman–Crippen MR) is 189 cm³/mol. The van der Waals surface area contributed by atoms with E-state index < -0.39 is 23.0 Å². The van der Waals surface area contributed by atoms with Gasteiger partial charge in [-0.25, -0.2) is 0 Å². The van der Waals surface area contributed by atoms with Crippen molar-refractivity contribution in [1.82, 2.24) is 15.1 Å². The number of likely N-dealkylation sites (N-methyl/N-ethyl adjacent to an activating group) is 2. The van der Waals surface area contributed by atoms with Crippen molar-refractivity contribution in [2.24, 2.45) is 11.1 Å². The highest BCUT2D eigenvalue weighted by Crippen LogP contribution is 2.22. The van der Waals surface area contributed by atoms with Gasteiger partial charge < -0.3 is 26.0 Å². The monoisotopic (exact) mass is 640 g/mol. The van der Waals surface area contributed by atoms with Crippen LogP contribution in [-0.2, 0) is 27.2 Å². The molecule has 8 nitrogen and oxygen atoms in total. The molecule has 0 bridgehead atoms. The normalized spacial score (nSPS) is 13.4. The average molecular weight is 641 g/mol. The fourth-order valence-corrected chi connectivity index (χ4v) is 5.44. The van der Waals surface area contributed by atoms with Crippen LogP contribution in [-0.4, -0.2) is 77.5 Å². The molecule has 0 spiro atoms. The third-order valence-corrected chi connectivity index (χ3v) is 8.25. The Hall–Kier alpha value is -4.27. The van der Waals surface area contributed by atoms with Crippen LogP contribution in [0.3, 0.4) is 0 Å². The van der Waals surface area contributed by atoms with Crippen LogP contribution in [0.25, 0.3) is 11.1 Å². The first kappa shape index (κ1) is 37.2. The van der Waals surface area contributed by atoms with Crippen molar-refractivity contribution in [3.63, 3.8) is 0 Å². The van der Waals surface area contributed by atoms with Gasteiger partial charge in [-0.2, -0.15) is 0 Å². The molecule has 3 aromatic carbocycles. The van der Waals surface area contributed by atoms with Crippen LogP contribution >= 0.6 is 0 Å². The topological polar surface area (TPSA) is 116 Å². The first-order valence-electron chi connectivity index (χ1n) is 16.2. The SMILES string of the molecule is CC(=CC(=O)N(C)[C@H](Cc1ccc(-c2ccccc2)cc1)C(=O)N(C)[C@H](Cc1ccccc1)C(=O)NCC(C)(C)CO)CC(C)(C)N. The van der Waals surface area contributed by atoms with Crippen LogP contribution in [0.2, 0.25) is 0 Å². The molecule has 4 N–H and O–H groups in total. The molecule has 0 saturated heterocycles. The second kappa shape index (κ2) is 16.5. The molecule has 2 atom stereocenters. The van der Waals surface area contributed by atoms with E-state index in [0.29, 0.717) is 6.42 Å². The molecule has 252 valence electrons. The lowest BCUT2D eigenvalue weighted by Crippen LogP contribution is -2.56. The number of aliphatic hydroxyl groups excluding tert-OH is 1. The summed E-state index contributed by atoms with van der Waals surface area (Å²) < 4.78 is 0. The minimum Gasteiger partial charge on any atom is -0.396 e. The molecule has 0 fully saturated rings. The zero-order valence-corrected chi connectivity index (χ0v) is 29.0. The standard InChI is InChI=1S/C39H52N4O4/c1-28(25-39(4,5)40)22-35(45)42(6)34(24-30-18-20-32(21-19-30)31-16-12-9-13-17-31)37(47)43(7)33(23-29-14-10-8-11-15-29)36(46)41-26-38(2,3)27-44/h8-22,33-34,44H,23-27,40H2,1-7H3,(H,41,46)/t33-,34-/m1/s1. The van der Waals surface area contributed by atoms with E-state index >= 15 is 0 Å². The zero-order chi connectivity index (χ0) is 34.8. The molecule has 0 saturated carbocycles. The van der Waals surface area contributed by atoms with Crippen molar-refractivity contribution in [3.05, 3.63) is 108 Å². The molecular formula is C39H52N4O4. The average Bonchev–Trinajstić information content (AvgIpc) is 3.04. The molecule has 0 aliphatic carbocycles. The first-order valence-corrected chi connectivity index (χ1v) is 16.2. The van der Waals surface area contributed by atoms with Crippen molar-refractivity contribution >= 4 is 17.7 Å². The number of amides is 3. The molecule has 0 aliphatic heterocycles. The summed E-state index contributed by atoms with van der Waals surface area (Å²) in [6.45, 7) is 9.52. The summed E-state index contributed by atoms with van der Waals surface area (Å²) in [7, 11) is 3.25. The minimum atomic E-state index is -0.884. The third kappa shape index (κ3) is 11.5. The number of carbonyl (C=O) groups excluding carboxylic acids is 3. The number of nitrogens with one attached hydrogen (secondary N) is 1. The molecule has 3 aromatic rings. The van der Waals surface area contributed by atoms with Gasteiger partial charge in [0.25, 0.3) is 0 Å². The number of nitrogens with two attached hydrogens (primary N) is 1. The second-order valence-corrected chi connectivity index (χ2v) is 14.1. The summed E-state index contributed by atoms with van der Waals surface area (Å²) in [6.07, 6.45) is 2.61. The van der Waals surface area contributed by atoms with Gasteiger partial charge in [0.2, 0.25) is 17.7 Å². The Morgan fingerprint density at radius 2 is 1.30 bits per heavy atom. The van der Waals surface area contributed by atoms with Crippen LogP contribution in [0.4, 0.5) is 0 Å². The molecule has 0 radical (unpaired) electrons. The number of carbonyl (C=O) groups is 3. The Morgan fingerprint density at radius 3 is 1.85 bits per heavy atom.